The average Bonchev–Trinajstić information content (AvgIpc) is 2.83. The summed E-state index contributed by atoms with van der Waals surface area (Å²) in [7, 11) is -4.59. The van der Waals surface area contributed by atoms with E-state index in [1.165, 1.54) is 31.2 Å². The number of halogens is 5. The third-order valence-electron chi connectivity index (χ3n) is 6.51. The fraction of sp³-hybridized carbons (Fsp3) is 0.222. The van der Waals surface area contributed by atoms with Gasteiger partial charge in [0.05, 0.1) is 33.3 Å². The molecule has 0 spiro atoms. The van der Waals surface area contributed by atoms with Crippen molar-refractivity contribution in [2.75, 3.05) is 4.31 Å². The largest absolute Gasteiger partial charge is 0.465 e. The van der Waals surface area contributed by atoms with Crippen molar-refractivity contribution in [3.8, 4) is 0 Å². The van der Waals surface area contributed by atoms with E-state index >= 15 is 0 Å². The van der Waals surface area contributed by atoms with E-state index in [0.717, 1.165) is 22.5 Å². The highest BCUT2D eigenvalue weighted by Crippen LogP contribution is 2.39. The molecule has 39 heavy (non-hydrogen) atoms. The van der Waals surface area contributed by atoms with Gasteiger partial charge in [-0.3, -0.25) is 4.31 Å². The standard InChI is InChI=1S/C27H23ClF4N2O4S/c1-15(25-21(28)7-4-8-22(25)29)11-17-9-10-18-13-23(33-26(35)36)16(2)34(24(18)12-17)39(37,38)20-6-3-5-19(14-20)27(30,31)32/h3-12,14,16,23,33H,13H2,1-2H3,(H,35,36)/b15-11+/t16-,23-/m1/s1. The number of hydrogen-bond acceptors (Lipinski definition) is 3. The van der Waals surface area contributed by atoms with E-state index in [4.69, 9.17) is 11.6 Å². The zero-order valence-corrected chi connectivity index (χ0v) is 22.2. The summed E-state index contributed by atoms with van der Waals surface area (Å²) in [5.41, 5.74) is 0.601. The molecule has 206 valence electrons. The molecule has 3 aromatic rings. The number of allylic oxidation sites excluding steroid dienone is 1. The number of hydrogen-bond donors (Lipinski definition) is 2. The first kappa shape index (κ1) is 28.4. The lowest BCUT2D eigenvalue weighted by Gasteiger charge is -2.41. The maximum Gasteiger partial charge on any atom is 0.416 e. The number of alkyl halides is 3. The van der Waals surface area contributed by atoms with E-state index in [1.807, 2.05) is 0 Å². The van der Waals surface area contributed by atoms with E-state index in [9.17, 15) is 35.9 Å². The van der Waals surface area contributed by atoms with E-state index in [2.05, 4.69) is 5.32 Å². The summed E-state index contributed by atoms with van der Waals surface area (Å²) < 4.78 is 83.1. The highest BCUT2D eigenvalue weighted by molar-refractivity contribution is 7.92. The number of benzene rings is 3. The van der Waals surface area contributed by atoms with Crippen molar-refractivity contribution >= 4 is 45.1 Å². The number of nitrogens with one attached hydrogen (secondary N) is 1. The zero-order chi connectivity index (χ0) is 28.7. The minimum atomic E-state index is -4.77. The predicted molar refractivity (Wildman–Crippen MR) is 141 cm³/mol. The molecule has 0 aromatic heterocycles. The third-order valence-corrected chi connectivity index (χ3v) is 8.72. The van der Waals surface area contributed by atoms with E-state index in [1.54, 1.807) is 25.1 Å². The molecule has 2 atom stereocenters. The Balaban J connectivity index is 1.86. The van der Waals surface area contributed by atoms with Crippen LogP contribution in [0.2, 0.25) is 5.02 Å². The molecule has 1 heterocycles. The highest BCUT2D eigenvalue weighted by atomic mass is 35.5. The first-order chi connectivity index (χ1) is 18.2. The molecular formula is C27H23ClF4N2O4S. The van der Waals surface area contributed by atoms with Gasteiger partial charge in [0, 0.05) is 5.56 Å². The van der Waals surface area contributed by atoms with Crippen molar-refractivity contribution in [3.63, 3.8) is 0 Å². The molecule has 12 heteroatoms. The van der Waals surface area contributed by atoms with Gasteiger partial charge >= 0.3 is 12.3 Å². The summed E-state index contributed by atoms with van der Waals surface area (Å²) in [6.07, 6.45) is -4.40. The lowest BCUT2D eigenvalue weighted by atomic mass is 9.92. The summed E-state index contributed by atoms with van der Waals surface area (Å²) in [6, 6.07) is 10.5. The number of nitrogens with zero attached hydrogens (tertiary/aromatic N) is 1. The second-order valence-electron chi connectivity index (χ2n) is 9.14. The quantitative estimate of drug-likeness (QED) is 0.255. The van der Waals surface area contributed by atoms with Gasteiger partial charge in [0.25, 0.3) is 10.0 Å². The maximum absolute atomic E-state index is 14.5. The topological polar surface area (TPSA) is 86.7 Å². The molecule has 2 N–H and O–H groups in total. The van der Waals surface area contributed by atoms with Crippen molar-refractivity contribution in [1.82, 2.24) is 5.32 Å². The molecule has 4 rings (SSSR count). The second-order valence-corrected chi connectivity index (χ2v) is 11.4. The Labute approximate surface area is 227 Å². The minimum absolute atomic E-state index is 0.138. The predicted octanol–water partition coefficient (Wildman–Crippen LogP) is 6.83. The molecule has 0 fully saturated rings. The van der Waals surface area contributed by atoms with Gasteiger partial charge in [-0.2, -0.15) is 13.2 Å². The Morgan fingerprint density at radius 2 is 1.82 bits per heavy atom. The number of carbonyl (C=O) groups is 1. The van der Waals surface area contributed by atoms with Crippen molar-refractivity contribution < 1.29 is 35.9 Å². The van der Waals surface area contributed by atoms with Gasteiger partial charge < -0.3 is 10.4 Å². The van der Waals surface area contributed by atoms with E-state index in [-0.39, 0.29) is 22.7 Å². The second kappa shape index (κ2) is 10.5. The molecular weight excluding hydrogens is 560 g/mol. The van der Waals surface area contributed by atoms with Crippen LogP contribution in [0.5, 0.6) is 0 Å². The summed E-state index contributed by atoms with van der Waals surface area (Å²) >= 11 is 6.17. The van der Waals surface area contributed by atoms with Crippen LogP contribution in [0.3, 0.4) is 0 Å². The number of carboxylic acid groups (broad SMARTS) is 1. The van der Waals surface area contributed by atoms with Crippen molar-refractivity contribution in [2.24, 2.45) is 0 Å². The van der Waals surface area contributed by atoms with Crippen molar-refractivity contribution in [1.29, 1.82) is 0 Å². The van der Waals surface area contributed by atoms with Crippen LogP contribution in [-0.4, -0.2) is 31.7 Å². The third kappa shape index (κ3) is 5.74. The molecule has 1 amide bonds. The normalized spacial score (nSPS) is 18.0. The number of anilines is 1. The molecule has 1 aliphatic heterocycles. The first-order valence-corrected chi connectivity index (χ1v) is 13.5. The Morgan fingerprint density at radius 3 is 2.46 bits per heavy atom. The van der Waals surface area contributed by atoms with Crippen LogP contribution in [0.15, 0.2) is 65.6 Å². The average molecular weight is 583 g/mol. The van der Waals surface area contributed by atoms with Gasteiger partial charge in [-0.25, -0.2) is 17.6 Å². The summed E-state index contributed by atoms with van der Waals surface area (Å²) in [4.78, 5) is 10.8. The minimum Gasteiger partial charge on any atom is -0.465 e. The maximum atomic E-state index is 14.5. The molecule has 0 radical (unpaired) electrons. The molecule has 0 unspecified atom stereocenters. The molecule has 3 aromatic carbocycles. The molecule has 1 aliphatic rings. The SMILES string of the molecule is C/C(=C\c1ccc2c(c1)N(S(=O)(=O)c1cccc(C(F)(F)F)c1)[C@H](C)[C@H](NC(=O)O)C2)c1c(F)cccc1Cl. The molecule has 0 bridgehead atoms. The molecule has 6 nitrogen and oxygen atoms in total. The fourth-order valence-corrected chi connectivity index (χ4v) is 6.74. The van der Waals surface area contributed by atoms with Gasteiger partial charge in [-0.1, -0.05) is 41.9 Å². The van der Waals surface area contributed by atoms with Crippen LogP contribution >= 0.6 is 11.6 Å². The van der Waals surface area contributed by atoms with Crippen LogP contribution in [0, 0.1) is 5.82 Å². The number of sulfonamides is 1. The van der Waals surface area contributed by atoms with Gasteiger partial charge in [0.1, 0.15) is 5.82 Å². The Bertz CT molecular complexity index is 1550. The van der Waals surface area contributed by atoms with Crippen molar-refractivity contribution in [3.05, 3.63) is 93.8 Å². The van der Waals surface area contributed by atoms with Crippen LogP contribution < -0.4 is 9.62 Å². The zero-order valence-electron chi connectivity index (χ0n) is 20.6. The summed E-state index contributed by atoms with van der Waals surface area (Å²) in [5, 5.41) is 11.8. The fourth-order valence-electron chi connectivity index (χ4n) is 4.66. The number of rotatable bonds is 5. The highest BCUT2D eigenvalue weighted by Gasteiger charge is 2.41. The van der Waals surface area contributed by atoms with Crippen LogP contribution in [0.4, 0.5) is 28.0 Å². The van der Waals surface area contributed by atoms with Crippen molar-refractivity contribution in [2.45, 2.75) is 43.4 Å². The molecule has 0 saturated heterocycles. The van der Waals surface area contributed by atoms with Crippen LogP contribution in [0.1, 0.15) is 36.1 Å². The lowest BCUT2D eigenvalue weighted by molar-refractivity contribution is -0.137. The smallest absolute Gasteiger partial charge is 0.416 e. The van der Waals surface area contributed by atoms with E-state index < -0.39 is 50.7 Å². The first-order valence-electron chi connectivity index (χ1n) is 11.7. The number of fused-ring (bicyclic) bond motifs is 1. The van der Waals surface area contributed by atoms with Crippen LogP contribution in [-0.2, 0) is 22.6 Å². The Kier molecular flexibility index (Phi) is 7.68. The van der Waals surface area contributed by atoms with E-state index in [0.29, 0.717) is 22.8 Å². The van der Waals surface area contributed by atoms with Crippen LogP contribution in [0.25, 0.3) is 11.6 Å². The summed E-state index contributed by atoms with van der Waals surface area (Å²) in [5.74, 6) is -0.542. The lowest BCUT2D eigenvalue weighted by Crippen LogP contribution is -2.56. The monoisotopic (exact) mass is 582 g/mol. The van der Waals surface area contributed by atoms with Gasteiger partial charge in [-0.15, -0.1) is 0 Å². The Morgan fingerprint density at radius 1 is 1.13 bits per heavy atom. The van der Waals surface area contributed by atoms with Gasteiger partial charge in [0.15, 0.2) is 0 Å². The molecule has 0 aliphatic carbocycles. The van der Waals surface area contributed by atoms with Gasteiger partial charge in [-0.05, 0) is 73.4 Å². The van der Waals surface area contributed by atoms with Gasteiger partial charge in [0.2, 0.25) is 0 Å². The summed E-state index contributed by atoms with van der Waals surface area (Å²) in [6.45, 7) is 3.11. The molecule has 0 saturated carbocycles. The number of amides is 1. The Hall–Kier alpha value is -3.57.